The van der Waals surface area contributed by atoms with Crippen molar-refractivity contribution in [1.82, 2.24) is 5.32 Å². The Morgan fingerprint density at radius 1 is 1.27 bits per heavy atom. The minimum Gasteiger partial charge on any atom is -0.492 e. The smallest absolute Gasteiger partial charge is 0.252 e. The monoisotopic (exact) mass is 335 g/mol. The molecule has 116 valence electrons. The molecule has 22 heavy (non-hydrogen) atoms. The molecule has 0 saturated carbocycles. The molecule has 3 nitrogen and oxygen atoms in total. The summed E-state index contributed by atoms with van der Waals surface area (Å²) in [6.45, 7) is 2.84. The highest BCUT2D eigenvalue weighted by Crippen LogP contribution is 2.22. The van der Waals surface area contributed by atoms with E-state index in [4.69, 9.17) is 16.3 Å². The van der Waals surface area contributed by atoms with Crippen LogP contribution < -0.4 is 10.1 Å². The van der Waals surface area contributed by atoms with Gasteiger partial charge in [0.2, 0.25) is 0 Å². The zero-order valence-corrected chi connectivity index (χ0v) is 14.1. The van der Waals surface area contributed by atoms with E-state index in [9.17, 15) is 4.79 Å². The SMILES string of the molecule is CSc1ccc(Cl)c(C(=O)NCCOc2cccc(C)c2)c1. The minimum atomic E-state index is -0.186. The van der Waals surface area contributed by atoms with Gasteiger partial charge in [0.1, 0.15) is 12.4 Å². The Labute approximate surface area is 140 Å². The third kappa shape index (κ3) is 4.68. The summed E-state index contributed by atoms with van der Waals surface area (Å²) in [5, 5.41) is 3.27. The number of amides is 1. The number of rotatable bonds is 6. The summed E-state index contributed by atoms with van der Waals surface area (Å²) in [5.74, 6) is 0.616. The number of carbonyl (C=O) groups excluding carboxylic acids is 1. The molecule has 0 unspecified atom stereocenters. The van der Waals surface area contributed by atoms with Gasteiger partial charge in [-0.25, -0.2) is 0 Å². The fourth-order valence-corrected chi connectivity index (χ4v) is 2.58. The van der Waals surface area contributed by atoms with E-state index in [1.807, 2.05) is 43.5 Å². The van der Waals surface area contributed by atoms with Gasteiger partial charge in [-0.15, -0.1) is 11.8 Å². The highest BCUT2D eigenvalue weighted by Gasteiger charge is 2.10. The van der Waals surface area contributed by atoms with Gasteiger partial charge in [-0.1, -0.05) is 23.7 Å². The maximum Gasteiger partial charge on any atom is 0.252 e. The molecule has 0 saturated heterocycles. The lowest BCUT2D eigenvalue weighted by molar-refractivity contribution is 0.0947. The van der Waals surface area contributed by atoms with Crippen LogP contribution in [-0.2, 0) is 0 Å². The number of carbonyl (C=O) groups is 1. The topological polar surface area (TPSA) is 38.3 Å². The molecule has 5 heteroatoms. The average Bonchev–Trinajstić information content (AvgIpc) is 2.52. The predicted octanol–water partition coefficient (Wildman–Crippen LogP) is 4.18. The summed E-state index contributed by atoms with van der Waals surface area (Å²) in [6, 6.07) is 13.2. The Morgan fingerprint density at radius 3 is 2.82 bits per heavy atom. The Morgan fingerprint density at radius 2 is 2.09 bits per heavy atom. The molecule has 0 spiro atoms. The molecule has 0 bridgehead atoms. The first-order chi connectivity index (χ1) is 10.6. The molecular formula is C17H18ClNO2S. The van der Waals surface area contributed by atoms with Crippen molar-refractivity contribution in [2.75, 3.05) is 19.4 Å². The van der Waals surface area contributed by atoms with E-state index in [-0.39, 0.29) is 5.91 Å². The molecule has 1 N–H and O–H groups in total. The third-order valence-electron chi connectivity index (χ3n) is 3.06. The molecule has 0 fully saturated rings. The first-order valence-corrected chi connectivity index (χ1v) is 8.51. The van der Waals surface area contributed by atoms with Crippen molar-refractivity contribution >= 4 is 29.3 Å². The molecular weight excluding hydrogens is 318 g/mol. The zero-order chi connectivity index (χ0) is 15.9. The van der Waals surface area contributed by atoms with Gasteiger partial charge in [-0.3, -0.25) is 4.79 Å². The Bertz CT molecular complexity index is 661. The van der Waals surface area contributed by atoms with E-state index in [0.717, 1.165) is 16.2 Å². The maximum atomic E-state index is 12.1. The number of hydrogen-bond acceptors (Lipinski definition) is 3. The van der Waals surface area contributed by atoms with Crippen LogP contribution in [0.15, 0.2) is 47.4 Å². The summed E-state index contributed by atoms with van der Waals surface area (Å²) in [4.78, 5) is 13.1. The van der Waals surface area contributed by atoms with Crippen LogP contribution in [0.1, 0.15) is 15.9 Å². The second kappa shape index (κ2) is 8.11. The second-order valence-electron chi connectivity index (χ2n) is 4.77. The number of halogens is 1. The van der Waals surface area contributed by atoms with Crippen LogP contribution >= 0.6 is 23.4 Å². The van der Waals surface area contributed by atoms with Crippen LogP contribution in [0.3, 0.4) is 0 Å². The lowest BCUT2D eigenvalue weighted by atomic mass is 10.2. The van der Waals surface area contributed by atoms with Crippen molar-refractivity contribution in [3.63, 3.8) is 0 Å². The first kappa shape index (κ1) is 16.7. The zero-order valence-electron chi connectivity index (χ0n) is 12.6. The molecule has 0 aliphatic rings. The predicted molar refractivity (Wildman–Crippen MR) is 92.2 cm³/mol. The van der Waals surface area contributed by atoms with E-state index in [1.54, 1.807) is 23.9 Å². The quantitative estimate of drug-likeness (QED) is 0.635. The van der Waals surface area contributed by atoms with Crippen molar-refractivity contribution in [3.05, 3.63) is 58.6 Å². The number of aryl methyl sites for hydroxylation is 1. The van der Waals surface area contributed by atoms with Gasteiger partial charge in [-0.05, 0) is 49.1 Å². The molecule has 2 aromatic rings. The highest BCUT2D eigenvalue weighted by atomic mass is 35.5. The van der Waals surface area contributed by atoms with Crippen LogP contribution in [0.5, 0.6) is 5.75 Å². The molecule has 2 rings (SSSR count). The molecule has 0 aromatic heterocycles. The average molecular weight is 336 g/mol. The maximum absolute atomic E-state index is 12.1. The third-order valence-corrected chi connectivity index (χ3v) is 4.12. The van der Waals surface area contributed by atoms with Gasteiger partial charge in [-0.2, -0.15) is 0 Å². The summed E-state index contributed by atoms with van der Waals surface area (Å²) >= 11 is 7.65. The summed E-state index contributed by atoms with van der Waals surface area (Å²) in [5.41, 5.74) is 1.63. The lowest BCUT2D eigenvalue weighted by Crippen LogP contribution is -2.28. The van der Waals surface area contributed by atoms with E-state index in [2.05, 4.69) is 5.32 Å². The van der Waals surface area contributed by atoms with Crippen molar-refractivity contribution in [2.45, 2.75) is 11.8 Å². The van der Waals surface area contributed by atoms with Crippen molar-refractivity contribution in [3.8, 4) is 5.75 Å². The van der Waals surface area contributed by atoms with Gasteiger partial charge < -0.3 is 10.1 Å². The van der Waals surface area contributed by atoms with E-state index < -0.39 is 0 Å². The molecule has 0 aliphatic heterocycles. The van der Waals surface area contributed by atoms with Crippen LogP contribution in [-0.4, -0.2) is 25.3 Å². The molecule has 1 amide bonds. The van der Waals surface area contributed by atoms with Crippen LogP contribution in [0.25, 0.3) is 0 Å². The summed E-state index contributed by atoms with van der Waals surface area (Å²) < 4.78 is 5.60. The highest BCUT2D eigenvalue weighted by molar-refractivity contribution is 7.98. The number of thioether (sulfide) groups is 1. The summed E-state index contributed by atoms with van der Waals surface area (Å²) in [7, 11) is 0. The van der Waals surface area contributed by atoms with Crippen molar-refractivity contribution in [2.24, 2.45) is 0 Å². The van der Waals surface area contributed by atoms with Gasteiger partial charge >= 0.3 is 0 Å². The first-order valence-electron chi connectivity index (χ1n) is 6.91. The standard InChI is InChI=1S/C17H18ClNO2S/c1-12-4-3-5-13(10-12)21-9-8-19-17(20)15-11-14(22-2)6-7-16(15)18/h3-7,10-11H,8-9H2,1-2H3,(H,19,20). The molecule has 0 atom stereocenters. The van der Waals surface area contributed by atoms with Gasteiger partial charge in [0, 0.05) is 4.90 Å². The lowest BCUT2D eigenvalue weighted by Gasteiger charge is -2.10. The minimum absolute atomic E-state index is 0.186. The van der Waals surface area contributed by atoms with Gasteiger partial charge in [0.05, 0.1) is 17.1 Å². The van der Waals surface area contributed by atoms with Gasteiger partial charge in [0.25, 0.3) is 5.91 Å². The number of hydrogen-bond donors (Lipinski definition) is 1. The number of benzene rings is 2. The van der Waals surface area contributed by atoms with Crippen LogP contribution in [0.2, 0.25) is 5.02 Å². The van der Waals surface area contributed by atoms with Gasteiger partial charge in [0.15, 0.2) is 0 Å². The van der Waals surface area contributed by atoms with E-state index in [0.29, 0.717) is 23.7 Å². The summed E-state index contributed by atoms with van der Waals surface area (Å²) in [6.07, 6.45) is 1.96. The van der Waals surface area contributed by atoms with E-state index >= 15 is 0 Å². The molecule has 0 heterocycles. The van der Waals surface area contributed by atoms with Crippen molar-refractivity contribution in [1.29, 1.82) is 0 Å². The fourth-order valence-electron chi connectivity index (χ4n) is 1.94. The van der Waals surface area contributed by atoms with Crippen LogP contribution in [0.4, 0.5) is 0 Å². The molecule has 0 radical (unpaired) electrons. The largest absolute Gasteiger partial charge is 0.492 e. The Balaban J connectivity index is 1.85. The Hall–Kier alpha value is -1.65. The van der Waals surface area contributed by atoms with E-state index in [1.165, 1.54) is 0 Å². The number of nitrogens with one attached hydrogen (secondary N) is 1. The Kier molecular flexibility index (Phi) is 6.16. The number of ether oxygens (including phenoxy) is 1. The fraction of sp³-hybridized carbons (Fsp3) is 0.235. The normalized spacial score (nSPS) is 10.3. The van der Waals surface area contributed by atoms with Crippen LogP contribution in [0, 0.1) is 6.92 Å². The van der Waals surface area contributed by atoms with Crippen molar-refractivity contribution < 1.29 is 9.53 Å². The molecule has 2 aromatic carbocycles. The molecule has 0 aliphatic carbocycles. The second-order valence-corrected chi connectivity index (χ2v) is 6.05.